The molecule has 1 aliphatic heterocycles. The molecule has 8 nitrogen and oxygen atoms in total. The van der Waals surface area contributed by atoms with Gasteiger partial charge in [-0.05, 0) is 18.1 Å². The first-order chi connectivity index (χ1) is 12.6. The number of hydroxylamine groups is 1. The monoisotopic (exact) mass is 388 g/mol. The maximum atomic E-state index is 12.4. The first-order valence-corrected chi connectivity index (χ1v) is 7.73. The van der Waals surface area contributed by atoms with Crippen molar-refractivity contribution in [1.82, 2.24) is 5.48 Å². The Kier molecular flexibility index (Phi) is 6.16. The Morgan fingerprint density at radius 3 is 2.56 bits per heavy atom. The van der Waals surface area contributed by atoms with Crippen molar-refractivity contribution in [2.45, 2.75) is 32.0 Å². The smallest absolute Gasteiger partial charge is 0.385 e. The van der Waals surface area contributed by atoms with Gasteiger partial charge in [-0.2, -0.15) is 13.2 Å². The van der Waals surface area contributed by atoms with Crippen molar-refractivity contribution < 1.29 is 41.9 Å². The Morgan fingerprint density at radius 1 is 1.26 bits per heavy atom. The topological polar surface area (TPSA) is 102 Å². The quantitative estimate of drug-likeness (QED) is 0.474. The Labute approximate surface area is 151 Å². The second-order valence-electron chi connectivity index (χ2n) is 5.60. The van der Waals surface area contributed by atoms with Crippen molar-refractivity contribution in [3.63, 3.8) is 0 Å². The summed E-state index contributed by atoms with van der Waals surface area (Å²) in [6.07, 6.45) is -5.21. The van der Waals surface area contributed by atoms with Crippen LogP contribution in [0.15, 0.2) is 24.3 Å². The summed E-state index contributed by atoms with van der Waals surface area (Å²) in [7, 11) is 0. The zero-order valence-electron chi connectivity index (χ0n) is 14.0. The Hall–Kier alpha value is -2.95. The van der Waals surface area contributed by atoms with Gasteiger partial charge in [0.2, 0.25) is 5.91 Å². The highest BCUT2D eigenvalue weighted by Gasteiger charge is 2.43. The molecule has 0 fully saturated rings. The molecule has 1 atom stereocenters. The Morgan fingerprint density at radius 2 is 1.93 bits per heavy atom. The van der Waals surface area contributed by atoms with E-state index < -0.39 is 42.6 Å². The molecule has 1 N–H and O–H groups in total. The zero-order chi connectivity index (χ0) is 20.2. The fourth-order valence-electron chi connectivity index (χ4n) is 2.49. The minimum Gasteiger partial charge on any atom is -0.385 e. The molecule has 2 rings (SSSR count). The van der Waals surface area contributed by atoms with Crippen molar-refractivity contribution >= 4 is 29.5 Å². The van der Waals surface area contributed by atoms with Gasteiger partial charge in [0.05, 0.1) is 6.04 Å². The number of para-hydroxylation sites is 1. The molecule has 27 heavy (non-hydrogen) atoms. The molecular formula is C16H15F3N2O6. The van der Waals surface area contributed by atoms with Gasteiger partial charge in [-0.15, -0.1) is 5.48 Å². The van der Waals surface area contributed by atoms with Crippen LogP contribution in [0.1, 0.15) is 31.4 Å². The number of hydrogen-bond donors (Lipinski definition) is 1. The first-order valence-electron chi connectivity index (χ1n) is 7.73. The van der Waals surface area contributed by atoms with Crippen molar-refractivity contribution in [3.8, 4) is 0 Å². The lowest BCUT2D eigenvalue weighted by Crippen LogP contribution is -2.38. The number of esters is 2. The normalized spacial score (nSPS) is 17.0. The lowest BCUT2D eigenvalue weighted by Gasteiger charge is -2.23. The lowest BCUT2D eigenvalue weighted by molar-refractivity contribution is -0.201. The number of carbonyl (C=O) groups is 4. The number of anilines is 1. The minimum atomic E-state index is -5.32. The van der Waals surface area contributed by atoms with Gasteiger partial charge < -0.3 is 14.5 Å². The predicted molar refractivity (Wildman–Crippen MR) is 82.8 cm³/mol. The average molecular weight is 388 g/mol. The van der Waals surface area contributed by atoms with E-state index in [0.29, 0.717) is 5.56 Å². The summed E-state index contributed by atoms with van der Waals surface area (Å²) in [5.41, 5.74) is 3.23. The highest BCUT2D eigenvalue weighted by atomic mass is 19.4. The third kappa shape index (κ3) is 5.26. The van der Waals surface area contributed by atoms with Crippen molar-refractivity contribution in [2.75, 3.05) is 11.4 Å². The van der Waals surface area contributed by atoms with Gasteiger partial charge in [0.1, 0.15) is 6.54 Å². The zero-order valence-corrected chi connectivity index (χ0v) is 14.0. The number of alkyl halides is 3. The third-order valence-electron chi connectivity index (χ3n) is 3.62. The van der Waals surface area contributed by atoms with Gasteiger partial charge in [-0.1, -0.05) is 18.2 Å². The SMILES string of the molecule is CC(=O)ONC1CCC(=O)N(CC(=O)OC(=O)C(F)(F)F)c2ccccc21. The molecule has 1 amide bonds. The van der Waals surface area contributed by atoms with Crippen LogP contribution in [-0.2, 0) is 28.8 Å². The van der Waals surface area contributed by atoms with Crippen LogP contribution in [-0.4, -0.2) is 36.5 Å². The maximum Gasteiger partial charge on any atom is 0.491 e. The largest absolute Gasteiger partial charge is 0.491 e. The molecule has 0 spiro atoms. The molecule has 0 bridgehead atoms. The molecule has 1 heterocycles. The molecule has 1 aromatic carbocycles. The van der Waals surface area contributed by atoms with E-state index in [-0.39, 0.29) is 18.5 Å². The molecule has 0 aromatic heterocycles. The number of fused-ring (bicyclic) bond motifs is 1. The number of ether oxygens (including phenoxy) is 1. The van der Waals surface area contributed by atoms with E-state index in [1.165, 1.54) is 13.0 Å². The molecule has 1 unspecified atom stereocenters. The fourth-order valence-corrected chi connectivity index (χ4v) is 2.49. The number of benzene rings is 1. The van der Waals surface area contributed by atoms with Crippen molar-refractivity contribution in [1.29, 1.82) is 0 Å². The van der Waals surface area contributed by atoms with E-state index in [2.05, 4.69) is 10.2 Å². The van der Waals surface area contributed by atoms with Gasteiger partial charge in [-0.25, -0.2) is 9.59 Å². The Bertz CT molecular complexity index is 765. The van der Waals surface area contributed by atoms with Crippen LogP contribution in [0.25, 0.3) is 0 Å². The third-order valence-corrected chi connectivity index (χ3v) is 3.62. The van der Waals surface area contributed by atoms with Crippen molar-refractivity contribution in [3.05, 3.63) is 29.8 Å². The van der Waals surface area contributed by atoms with Crippen LogP contribution in [0.2, 0.25) is 0 Å². The van der Waals surface area contributed by atoms with Crippen LogP contribution in [0, 0.1) is 0 Å². The standard InChI is InChI=1S/C16H15F3N2O6/c1-9(22)27-20-11-6-7-13(23)21(12-5-3-2-4-10(11)12)8-14(24)26-15(25)16(17,18)19/h2-5,11,20H,6-8H2,1H3. The van der Waals surface area contributed by atoms with E-state index in [9.17, 15) is 32.3 Å². The summed E-state index contributed by atoms with van der Waals surface area (Å²) in [6, 6.07) is 5.70. The van der Waals surface area contributed by atoms with Crippen LogP contribution < -0.4 is 10.4 Å². The molecule has 0 saturated carbocycles. The van der Waals surface area contributed by atoms with E-state index in [1.807, 2.05) is 0 Å². The summed E-state index contributed by atoms with van der Waals surface area (Å²) in [4.78, 5) is 51.5. The number of amides is 1. The molecule has 146 valence electrons. The minimum absolute atomic E-state index is 0.0892. The molecule has 0 saturated heterocycles. The molecule has 0 aliphatic carbocycles. The summed E-state index contributed by atoms with van der Waals surface area (Å²) in [5.74, 6) is -5.34. The summed E-state index contributed by atoms with van der Waals surface area (Å²) >= 11 is 0. The average Bonchev–Trinajstić information content (AvgIpc) is 2.70. The van der Waals surface area contributed by atoms with E-state index >= 15 is 0 Å². The van der Waals surface area contributed by atoms with Gasteiger partial charge >= 0.3 is 24.1 Å². The molecule has 11 heteroatoms. The summed E-state index contributed by atoms with van der Waals surface area (Å²) in [6.45, 7) is 0.304. The van der Waals surface area contributed by atoms with Gasteiger partial charge in [-0.3, -0.25) is 9.59 Å². The van der Waals surface area contributed by atoms with E-state index in [4.69, 9.17) is 4.84 Å². The molecule has 1 aromatic rings. The second kappa shape index (κ2) is 8.16. The van der Waals surface area contributed by atoms with Crippen LogP contribution in [0.5, 0.6) is 0 Å². The highest BCUT2D eigenvalue weighted by Crippen LogP contribution is 2.33. The van der Waals surface area contributed by atoms with E-state index in [0.717, 1.165) is 4.90 Å². The Balaban J connectivity index is 2.23. The number of rotatable bonds is 4. The van der Waals surface area contributed by atoms with Crippen LogP contribution >= 0.6 is 0 Å². The highest BCUT2D eigenvalue weighted by molar-refractivity contribution is 6.00. The van der Waals surface area contributed by atoms with Crippen molar-refractivity contribution in [2.24, 2.45) is 0 Å². The molecule has 1 aliphatic rings. The van der Waals surface area contributed by atoms with Gasteiger partial charge in [0.25, 0.3) is 0 Å². The molecular weight excluding hydrogens is 373 g/mol. The van der Waals surface area contributed by atoms with Gasteiger partial charge in [0.15, 0.2) is 0 Å². The van der Waals surface area contributed by atoms with Crippen LogP contribution in [0.3, 0.4) is 0 Å². The van der Waals surface area contributed by atoms with Crippen LogP contribution in [0.4, 0.5) is 18.9 Å². The number of carbonyl (C=O) groups excluding carboxylic acids is 4. The summed E-state index contributed by atoms with van der Waals surface area (Å²) < 4.78 is 40.4. The number of halogens is 3. The number of nitrogens with one attached hydrogen (secondary N) is 1. The predicted octanol–water partition coefficient (Wildman–Crippen LogP) is 1.55. The summed E-state index contributed by atoms with van der Waals surface area (Å²) in [5, 5.41) is 0. The first kappa shape index (κ1) is 20.4. The molecule has 0 radical (unpaired) electrons. The van der Waals surface area contributed by atoms with E-state index in [1.54, 1.807) is 18.2 Å². The number of nitrogens with zero attached hydrogens (tertiary/aromatic N) is 1. The fraction of sp³-hybridized carbons (Fsp3) is 0.375. The second-order valence-corrected chi connectivity index (χ2v) is 5.60. The van der Waals surface area contributed by atoms with Gasteiger partial charge in [0, 0.05) is 19.0 Å². The maximum absolute atomic E-state index is 12.4. The lowest BCUT2D eigenvalue weighted by atomic mass is 10.0. The number of hydrogen-bond acceptors (Lipinski definition) is 7.